The minimum atomic E-state index is -3.93. The molecule has 5 nitrogen and oxygen atoms in total. The maximum Gasteiger partial charge on any atom is 0.317 e. The predicted octanol–water partition coefficient (Wildman–Crippen LogP) is 4.63. The summed E-state index contributed by atoms with van der Waals surface area (Å²) in [6.45, 7) is 1.89. The van der Waals surface area contributed by atoms with Crippen LogP contribution in [0.4, 0.5) is 5.69 Å². The first-order chi connectivity index (χ1) is 12.0. The van der Waals surface area contributed by atoms with Crippen LogP contribution in [0.5, 0.6) is 0 Å². The van der Waals surface area contributed by atoms with E-state index in [1.807, 2.05) is 43.3 Å². The van der Waals surface area contributed by atoms with Gasteiger partial charge in [0.15, 0.2) is 0 Å². The second kappa shape index (κ2) is 5.91. The van der Waals surface area contributed by atoms with Crippen molar-refractivity contribution in [3.8, 4) is 0 Å². The fourth-order valence-electron chi connectivity index (χ4n) is 2.74. The van der Waals surface area contributed by atoms with Crippen LogP contribution >= 0.6 is 0 Å². The molecule has 0 aliphatic heterocycles. The Kier molecular flexibility index (Phi) is 3.71. The van der Waals surface area contributed by atoms with Crippen molar-refractivity contribution in [2.45, 2.75) is 11.8 Å². The van der Waals surface area contributed by atoms with Crippen molar-refractivity contribution in [1.29, 1.82) is 0 Å². The highest BCUT2D eigenvalue weighted by molar-refractivity contribution is 7.86. The normalized spacial score (nSPS) is 11.9. The van der Waals surface area contributed by atoms with Gasteiger partial charge in [-0.15, -0.1) is 4.28 Å². The molecule has 25 heavy (non-hydrogen) atoms. The van der Waals surface area contributed by atoms with Gasteiger partial charge in [-0.2, -0.15) is 8.42 Å². The first-order valence-electron chi connectivity index (χ1n) is 7.70. The SMILES string of the molecule is Cc1ccc(S(=O)(=O)ONc2coc3ccc4ccccc4c23)cc1. The van der Waals surface area contributed by atoms with E-state index in [1.165, 1.54) is 18.4 Å². The predicted molar refractivity (Wildman–Crippen MR) is 96.8 cm³/mol. The summed E-state index contributed by atoms with van der Waals surface area (Å²) in [4.78, 5) is 0.0864. The van der Waals surface area contributed by atoms with Crippen molar-refractivity contribution >= 4 is 37.5 Å². The van der Waals surface area contributed by atoms with E-state index in [1.54, 1.807) is 12.1 Å². The minimum Gasteiger partial charge on any atom is -0.462 e. The van der Waals surface area contributed by atoms with E-state index in [2.05, 4.69) is 5.48 Å². The van der Waals surface area contributed by atoms with Crippen molar-refractivity contribution in [1.82, 2.24) is 0 Å². The summed E-state index contributed by atoms with van der Waals surface area (Å²) in [5.41, 5.74) is 4.61. The highest BCUT2D eigenvalue weighted by Crippen LogP contribution is 2.33. The van der Waals surface area contributed by atoms with Gasteiger partial charge < -0.3 is 4.42 Å². The Bertz CT molecular complexity index is 1160. The fourth-order valence-corrected chi connectivity index (χ4v) is 3.50. The lowest BCUT2D eigenvalue weighted by Crippen LogP contribution is -2.11. The summed E-state index contributed by atoms with van der Waals surface area (Å²) in [5, 5.41) is 2.76. The van der Waals surface area contributed by atoms with Gasteiger partial charge in [0, 0.05) is 0 Å². The zero-order valence-corrected chi connectivity index (χ0v) is 14.2. The van der Waals surface area contributed by atoms with Gasteiger partial charge >= 0.3 is 10.1 Å². The number of nitrogens with one attached hydrogen (secondary N) is 1. The second-order valence-corrected chi connectivity index (χ2v) is 7.31. The molecule has 3 aromatic carbocycles. The third kappa shape index (κ3) is 2.86. The molecule has 0 spiro atoms. The van der Waals surface area contributed by atoms with Crippen LogP contribution in [-0.2, 0) is 14.4 Å². The van der Waals surface area contributed by atoms with Crippen LogP contribution < -0.4 is 5.48 Å². The van der Waals surface area contributed by atoms with Crippen LogP contribution in [0.2, 0.25) is 0 Å². The number of hydrogen-bond donors (Lipinski definition) is 1. The molecule has 0 atom stereocenters. The Morgan fingerprint density at radius 2 is 1.72 bits per heavy atom. The quantitative estimate of drug-likeness (QED) is 0.542. The van der Waals surface area contributed by atoms with Crippen LogP contribution in [0, 0.1) is 6.92 Å². The van der Waals surface area contributed by atoms with Gasteiger partial charge in [-0.1, -0.05) is 48.0 Å². The molecule has 0 aliphatic carbocycles. The number of anilines is 1. The summed E-state index contributed by atoms with van der Waals surface area (Å²) in [5.74, 6) is 0. The zero-order valence-electron chi connectivity index (χ0n) is 13.4. The van der Waals surface area contributed by atoms with Crippen LogP contribution in [0.1, 0.15) is 5.56 Å². The molecule has 4 rings (SSSR count). The molecule has 0 bridgehead atoms. The van der Waals surface area contributed by atoms with Gasteiger partial charge in [-0.25, -0.2) is 5.48 Å². The summed E-state index contributed by atoms with van der Waals surface area (Å²) >= 11 is 0. The van der Waals surface area contributed by atoms with Crippen LogP contribution in [-0.4, -0.2) is 8.42 Å². The number of rotatable bonds is 4. The lowest BCUT2D eigenvalue weighted by atomic mass is 10.1. The van der Waals surface area contributed by atoms with Gasteiger partial charge in [-0.05, 0) is 35.9 Å². The zero-order chi connectivity index (χ0) is 17.4. The lowest BCUT2D eigenvalue weighted by Gasteiger charge is -2.07. The van der Waals surface area contributed by atoms with Gasteiger partial charge in [0.25, 0.3) is 0 Å². The maximum absolute atomic E-state index is 12.3. The topological polar surface area (TPSA) is 68.5 Å². The van der Waals surface area contributed by atoms with E-state index in [0.29, 0.717) is 11.3 Å². The van der Waals surface area contributed by atoms with Crippen molar-refractivity contribution in [3.63, 3.8) is 0 Å². The highest BCUT2D eigenvalue weighted by Gasteiger charge is 2.17. The third-order valence-corrected chi connectivity index (χ3v) is 5.19. The van der Waals surface area contributed by atoms with E-state index in [0.717, 1.165) is 21.7 Å². The molecule has 4 aromatic rings. The number of benzene rings is 3. The molecule has 0 aliphatic rings. The molecular formula is C19H15NO4S. The average Bonchev–Trinajstić information content (AvgIpc) is 3.04. The number of hydrogen-bond acceptors (Lipinski definition) is 5. The molecule has 6 heteroatoms. The summed E-state index contributed by atoms with van der Waals surface area (Å²) in [7, 11) is -3.93. The summed E-state index contributed by atoms with van der Waals surface area (Å²) in [6, 6.07) is 18.1. The van der Waals surface area contributed by atoms with Crippen LogP contribution in [0.25, 0.3) is 21.7 Å². The van der Waals surface area contributed by atoms with Crippen molar-refractivity contribution in [2.75, 3.05) is 5.48 Å². The van der Waals surface area contributed by atoms with Gasteiger partial charge in [0.1, 0.15) is 17.5 Å². The van der Waals surface area contributed by atoms with E-state index in [-0.39, 0.29) is 4.90 Å². The Labute approximate surface area is 144 Å². The van der Waals surface area contributed by atoms with Crippen molar-refractivity contribution < 1.29 is 17.1 Å². The standard InChI is InChI=1S/C19H15NO4S/c1-13-6-9-15(10-7-13)25(21,22)24-20-17-12-23-18-11-8-14-4-2-3-5-16(14)19(17)18/h2-12,20H,1H3. The smallest absolute Gasteiger partial charge is 0.317 e. The highest BCUT2D eigenvalue weighted by atomic mass is 32.2. The van der Waals surface area contributed by atoms with Gasteiger partial charge in [-0.3, -0.25) is 0 Å². The molecule has 0 unspecified atom stereocenters. The Morgan fingerprint density at radius 3 is 2.52 bits per heavy atom. The van der Waals surface area contributed by atoms with E-state index in [9.17, 15) is 8.42 Å². The van der Waals surface area contributed by atoms with E-state index in [4.69, 9.17) is 8.70 Å². The Balaban J connectivity index is 1.69. The molecule has 0 saturated carbocycles. The van der Waals surface area contributed by atoms with Crippen LogP contribution in [0.15, 0.2) is 76.2 Å². The molecule has 0 saturated heterocycles. The molecular weight excluding hydrogens is 338 g/mol. The van der Waals surface area contributed by atoms with Crippen molar-refractivity contribution in [2.24, 2.45) is 0 Å². The first-order valence-corrected chi connectivity index (χ1v) is 9.10. The lowest BCUT2D eigenvalue weighted by molar-refractivity contribution is 0.390. The second-order valence-electron chi connectivity index (χ2n) is 5.76. The van der Waals surface area contributed by atoms with Crippen molar-refractivity contribution in [3.05, 3.63) is 72.5 Å². The number of aryl methyl sites for hydroxylation is 1. The number of furan rings is 1. The Morgan fingerprint density at radius 1 is 0.960 bits per heavy atom. The Hall–Kier alpha value is -2.83. The molecule has 126 valence electrons. The fraction of sp³-hybridized carbons (Fsp3) is 0.0526. The molecule has 0 fully saturated rings. The van der Waals surface area contributed by atoms with Gasteiger partial charge in [0.2, 0.25) is 0 Å². The van der Waals surface area contributed by atoms with Gasteiger partial charge in [0.05, 0.1) is 10.3 Å². The van der Waals surface area contributed by atoms with Crippen LogP contribution in [0.3, 0.4) is 0 Å². The summed E-state index contributed by atoms with van der Waals surface area (Å²) in [6.07, 6.45) is 1.45. The molecule has 0 radical (unpaired) electrons. The van der Waals surface area contributed by atoms with E-state index >= 15 is 0 Å². The maximum atomic E-state index is 12.3. The molecule has 0 amide bonds. The largest absolute Gasteiger partial charge is 0.462 e. The molecule has 1 heterocycles. The summed E-state index contributed by atoms with van der Waals surface area (Å²) < 4.78 is 35.2. The molecule has 1 aromatic heterocycles. The first kappa shape index (κ1) is 15.7. The average molecular weight is 353 g/mol. The monoisotopic (exact) mass is 353 g/mol. The third-order valence-electron chi connectivity index (χ3n) is 4.03. The molecule has 1 N–H and O–H groups in total. The number of fused-ring (bicyclic) bond motifs is 3. The minimum absolute atomic E-state index is 0.0864. The van der Waals surface area contributed by atoms with E-state index < -0.39 is 10.1 Å².